The van der Waals surface area contributed by atoms with Gasteiger partial charge in [0.05, 0.1) is 12.4 Å². The Labute approximate surface area is 113 Å². The Kier molecular flexibility index (Phi) is 2.89. The van der Waals surface area contributed by atoms with Crippen LogP contribution in [-0.2, 0) is 0 Å². The Bertz CT molecular complexity index is 753. The first-order chi connectivity index (χ1) is 9.22. The molecule has 1 amide bonds. The average Bonchev–Trinajstić information content (AvgIpc) is 2.85. The standard InChI is InChI=1S/C13H9ClN4O/c14-11-6-15-7-12(17-11)18-13(19)9-2-1-8-3-4-16-10(8)5-9/h1-7,16H,(H,17,18,19). The van der Waals surface area contributed by atoms with Gasteiger partial charge in [-0.25, -0.2) is 4.98 Å². The molecule has 0 aliphatic carbocycles. The number of carbonyl (C=O) groups excluding carboxylic acids is 1. The Morgan fingerprint density at radius 2 is 2.16 bits per heavy atom. The molecular weight excluding hydrogens is 264 g/mol. The lowest BCUT2D eigenvalue weighted by Gasteiger charge is -2.04. The van der Waals surface area contributed by atoms with E-state index in [1.54, 1.807) is 12.1 Å². The van der Waals surface area contributed by atoms with Crippen LogP contribution in [0.25, 0.3) is 10.9 Å². The van der Waals surface area contributed by atoms with Crippen LogP contribution in [0, 0.1) is 0 Å². The lowest BCUT2D eigenvalue weighted by atomic mass is 10.1. The summed E-state index contributed by atoms with van der Waals surface area (Å²) in [6.45, 7) is 0. The summed E-state index contributed by atoms with van der Waals surface area (Å²) in [6, 6.07) is 7.36. The zero-order valence-electron chi connectivity index (χ0n) is 9.72. The first kappa shape index (κ1) is 11.7. The zero-order chi connectivity index (χ0) is 13.2. The van der Waals surface area contributed by atoms with Crippen molar-refractivity contribution in [1.29, 1.82) is 0 Å². The minimum Gasteiger partial charge on any atom is -0.361 e. The molecule has 5 nitrogen and oxygen atoms in total. The smallest absolute Gasteiger partial charge is 0.256 e. The molecule has 6 heteroatoms. The van der Waals surface area contributed by atoms with E-state index in [0.717, 1.165) is 10.9 Å². The lowest BCUT2D eigenvalue weighted by Crippen LogP contribution is -2.13. The van der Waals surface area contributed by atoms with E-state index in [1.165, 1.54) is 12.4 Å². The number of rotatable bonds is 2. The number of hydrogen-bond acceptors (Lipinski definition) is 3. The SMILES string of the molecule is O=C(Nc1cncc(Cl)n1)c1ccc2cc[nH]c2c1. The molecule has 2 N–H and O–H groups in total. The van der Waals surface area contributed by atoms with Crippen LogP contribution in [0.3, 0.4) is 0 Å². The van der Waals surface area contributed by atoms with E-state index >= 15 is 0 Å². The molecule has 2 heterocycles. The molecule has 0 spiro atoms. The largest absolute Gasteiger partial charge is 0.361 e. The maximum absolute atomic E-state index is 12.1. The van der Waals surface area contributed by atoms with Gasteiger partial charge in [0.2, 0.25) is 0 Å². The number of anilines is 1. The van der Waals surface area contributed by atoms with Crippen molar-refractivity contribution in [3.63, 3.8) is 0 Å². The number of benzene rings is 1. The number of nitrogens with one attached hydrogen (secondary N) is 2. The number of H-pyrrole nitrogens is 1. The van der Waals surface area contributed by atoms with Crippen LogP contribution in [0.15, 0.2) is 42.9 Å². The van der Waals surface area contributed by atoms with E-state index in [1.807, 2.05) is 18.3 Å². The van der Waals surface area contributed by atoms with Crippen LogP contribution in [-0.4, -0.2) is 20.9 Å². The monoisotopic (exact) mass is 272 g/mol. The van der Waals surface area contributed by atoms with Gasteiger partial charge in [0.1, 0.15) is 5.15 Å². The molecule has 0 fully saturated rings. The second kappa shape index (κ2) is 4.70. The minimum absolute atomic E-state index is 0.234. The van der Waals surface area contributed by atoms with Crippen LogP contribution >= 0.6 is 11.6 Å². The summed E-state index contributed by atoms with van der Waals surface area (Å²) in [5.41, 5.74) is 1.45. The molecule has 0 atom stereocenters. The van der Waals surface area contributed by atoms with E-state index in [4.69, 9.17) is 11.6 Å². The van der Waals surface area contributed by atoms with E-state index in [-0.39, 0.29) is 11.1 Å². The van der Waals surface area contributed by atoms with Crippen molar-refractivity contribution in [2.45, 2.75) is 0 Å². The molecule has 0 unspecified atom stereocenters. The van der Waals surface area contributed by atoms with Gasteiger partial charge in [0.25, 0.3) is 5.91 Å². The van der Waals surface area contributed by atoms with Gasteiger partial charge < -0.3 is 10.3 Å². The topological polar surface area (TPSA) is 70.7 Å². The predicted octanol–water partition coefficient (Wildman–Crippen LogP) is 2.86. The van der Waals surface area contributed by atoms with Crippen molar-refractivity contribution >= 4 is 34.2 Å². The summed E-state index contributed by atoms with van der Waals surface area (Å²) in [5.74, 6) is 0.0668. The average molecular weight is 273 g/mol. The second-order valence-electron chi connectivity index (χ2n) is 3.96. The van der Waals surface area contributed by atoms with Crippen molar-refractivity contribution in [3.8, 4) is 0 Å². The van der Waals surface area contributed by atoms with Crippen LogP contribution in [0.5, 0.6) is 0 Å². The molecule has 19 heavy (non-hydrogen) atoms. The number of amides is 1. The van der Waals surface area contributed by atoms with Crippen LogP contribution < -0.4 is 5.32 Å². The summed E-state index contributed by atoms with van der Waals surface area (Å²) < 4.78 is 0. The second-order valence-corrected chi connectivity index (χ2v) is 4.35. The molecule has 0 aliphatic rings. The van der Waals surface area contributed by atoms with Gasteiger partial charge in [-0.15, -0.1) is 0 Å². The van der Waals surface area contributed by atoms with Crippen molar-refractivity contribution in [3.05, 3.63) is 53.6 Å². The number of fused-ring (bicyclic) bond motifs is 1. The fraction of sp³-hybridized carbons (Fsp3) is 0. The van der Waals surface area contributed by atoms with E-state index in [2.05, 4.69) is 20.3 Å². The number of aromatic amines is 1. The van der Waals surface area contributed by atoms with Gasteiger partial charge in [-0.3, -0.25) is 9.78 Å². The molecule has 0 saturated heterocycles. The Morgan fingerprint density at radius 3 is 3.00 bits per heavy atom. The molecule has 2 aromatic heterocycles. The van der Waals surface area contributed by atoms with Gasteiger partial charge >= 0.3 is 0 Å². The van der Waals surface area contributed by atoms with Gasteiger partial charge in [-0.1, -0.05) is 17.7 Å². The fourth-order valence-electron chi connectivity index (χ4n) is 1.78. The van der Waals surface area contributed by atoms with E-state index in [0.29, 0.717) is 11.4 Å². The highest BCUT2D eigenvalue weighted by Crippen LogP contribution is 2.15. The van der Waals surface area contributed by atoms with Crippen molar-refractivity contribution in [1.82, 2.24) is 15.0 Å². The number of carbonyl (C=O) groups is 1. The predicted molar refractivity (Wildman–Crippen MR) is 73.3 cm³/mol. The van der Waals surface area contributed by atoms with Crippen LogP contribution in [0.2, 0.25) is 5.15 Å². The molecule has 0 aliphatic heterocycles. The van der Waals surface area contributed by atoms with Crippen molar-refractivity contribution < 1.29 is 4.79 Å². The molecular formula is C13H9ClN4O. The first-order valence-electron chi connectivity index (χ1n) is 5.58. The van der Waals surface area contributed by atoms with Gasteiger partial charge in [0.15, 0.2) is 5.82 Å². The molecule has 0 saturated carbocycles. The normalized spacial score (nSPS) is 10.6. The third-order valence-electron chi connectivity index (χ3n) is 2.66. The highest BCUT2D eigenvalue weighted by Gasteiger charge is 2.08. The van der Waals surface area contributed by atoms with Gasteiger partial charge in [-0.2, -0.15) is 0 Å². The molecule has 3 aromatic rings. The van der Waals surface area contributed by atoms with Crippen molar-refractivity contribution in [2.24, 2.45) is 0 Å². The maximum atomic E-state index is 12.1. The summed E-state index contributed by atoms with van der Waals surface area (Å²) in [5, 5.41) is 3.93. The summed E-state index contributed by atoms with van der Waals surface area (Å²) in [4.78, 5) is 22.9. The third kappa shape index (κ3) is 2.41. The van der Waals surface area contributed by atoms with E-state index < -0.39 is 0 Å². The summed E-state index contributed by atoms with van der Waals surface area (Å²) in [7, 11) is 0. The number of hydrogen-bond donors (Lipinski definition) is 2. The Hall–Kier alpha value is -2.40. The molecule has 3 rings (SSSR count). The van der Waals surface area contributed by atoms with Gasteiger partial charge in [-0.05, 0) is 23.6 Å². The summed E-state index contributed by atoms with van der Waals surface area (Å²) in [6.07, 6.45) is 4.67. The molecule has 0 radical (unpaired) electrons. The van der Waals surface area contributed by atoms with E-state index in [9.17, 15) is 4.79 Å². The Morgan fingerprint density at radius 1 is 1.26 bits per heavy atom. The van der Waals surface area contributed by atoms with Crippen LogP contribution in [0.1, 0.15) is 10.4 Å². The van der Waals surface area contributed by atoms with Crippen LogP contribution in [0.4, 0.5) is 5.82 Å². The molecule has 1 aromatic carbocycles. The first-order valence-corrected chi connectivity index (χ1v) is 5.96. The van der Waals surface area contributed by atoms with Gasteiger partial charge in [0, 0.05) is 17.3 Å². The highest BCUT2D eigenvalue weighted by atomic mass is 35.5. The highest BCUT2D eigenvalue weighted by molar-refractivity contribution is 6.29. The zero-order valence-corrected chi connectivity index (χ0v) is 10.5. The molecule has 0 bridgehead atoms. The third-order valence-corrected chi connectivity index (χ3v) is 2.85. The van der Waals surface area contributed by atoms with Crippen molar-refractivity contribution in [2.75, 3.05) is 5.32 Å². The number of halogens is 1. The molecule has 94 valence electrons. The number of aromatic nitrogens is 3. The fourth-order valence-corrected chi connectivity index (χ4v) is 1.93. The summed E-state index contributed by atoms with van der Waals surface area (Å²) >= 11 is 5.71. The quantitative estimate of drug-likeness (QED) is 0.753. The number of nitrogens with zero attached hydrogens (tertiary/aromatic N) is 2. The minimum atomic E-state index is -0.256. The lowest BCUT2D eigenvalue weighted by molar-refractivity contribution is 0.102. The Balaban J connectivity index is 1.87. The maximum Gasteiger partial charge on any atom is 0.256 e.